The lowest BCUT2D eigenvalue weighted by atomic mass is 9.99. The number of esters is 1. The second-order valence-corrected chi connectivity index (χ2v) is 11.7. The monoisotopic (exact) mass is 560 g/mol. The minimum atomic E-state index is -3.76. The Morgan fingerprint density at radius 2 is 1.90 bits per heavy atom. The largest absolute Gasteiger partial charge is 0.449 e. The second kappa shape index (κ2) is 12.1. The summed E-state index contributed by atoms with van der Waals surface area (Å²) >= 11 is 0. The van der Waals surface area contributed by atoms with Crippen molar-refractivity contribution < 1.29 is 32.4 Å². The molecular formula is C26H32N4O8S. The number of nitrogens with one attached hydrogen (secondary N) is 1. The van der Waals surface area contributed by atoms with Crippen LogP contribution in [-0.4, -0.2) is 75.0 Å². The van der Waals surface area contributed by atoms with E-state index in [-0.39, 0.29) is 34.9 Å². The fourth-order valence-corrected chi connectivity index (χ4v) is 6.12. The third-order valence-corrected chi connectivity index (χ3v) is 8.66. The van der Waals surface area contributed by atoms with Crippen LogP contribution in [-0.2, 0) is 24.3 Å². The predicted octanol–water partition coefficient (Wildman–Crippen LogP) is 3.04. The number of morpholine rings is 1. The normalized spacial score (nSPS) is 19.2. The Morgan fingerprint density at radius 3 is 2.59 bits per heavy atom. The Bertz CT molecular complexity index is 1340. The van der Waals surface area contributed by atoms with Crippen molar-refractivity contribution in [3.63, 3.8) is 0 Å². The molecule has 0 bridgehead atoms. The van der Waals surface area contributed by atoms with Crippen molar-refractivity contribution in [2.45, 2.75) is 37.7 Å². The summed E-state index contributed by atoms with van der Waals surface area (Å²) in [6, 6.07) is 9.96. The molecule has 0 unspecified atom stereocenters. The van der Waals surface area contributed by atoms with E-state index in [0.717, 1.165) is 12.8 Å². The molecular weight excluding hydrogens is 528 g/mol. The molecule has 1 N–H and O–H groups in total. The van der Waals surface area contributed by atoms with Crippen molar-refractivity contribution in [3.8, 4) is 0 Å². The SMILES string of the molecule is C[C@H]1CCCN(c2ccc(C(=O)O[C@H](C)C(=O)Nc3cccc(S(=O)(=O)N4CCOCC4)c3)cc2[N+](=O)[O-])C1. The van der Waals surface area contributed by atoms with Crippen LogP contribution in [0, 0.1) is 16.0 Å². The van der Waals surface area contributed by atoms with E-state index in [9.17, 15) is 28.1 Å². The molecule has 39 heavy (non-hydrogen) atoms. The minimum absolute atomic E-state index is 0.0161. The van der Waals surface area contributed by atoms with Crippen LogP contribution in [0.15, 0.2) is 47.4 Å². The standard InChI is InChI=1S/C26H32N4O8S/c1-18-5-4-10-28(17-18)23-9-8-20(15-24(23)30(33)34)26(32)38-19(2)25(31)27-21-6-3-7-22(16-21)39(35,36)29-11-13-37-14-12-29/h3,6-9,15-16,18-19H,4-5,10-14,17H2,1-2H3,(H,27,31)/t18-,19+/m0/s1. The maximum Gasteiger partial charge on any atom is 0.339 e. The zero-order valence-electron chi connectivity index (χ0n) is 21.9. The number of hydrogen-bond acceptors (Lipinski definition) is 9. The molecule has 2 saturated heterocycles. The average molecular weight is 561 g/mol. The molecule has 12 nitrogen and oxygen atoms in total. The van der Waals surface area contributed by atoms with Gasteiger partial charge >= 0.3 is 5.97 Å². The number of nitrogens with zero attached hydrogens (tertiary/aromatic N) is 3. The van der Waals surface area contributed by atoms with Gasteiger partial charge in [0.2, 0.25) is 10.0 Å². The molecule has 2 fully saturated rings. The van der Waals surface area contributed by atoms with Gasteiger partial charge in [0.15, 0.2) is 6.10 Å². The summed E-state index contributed by atoms with van der Waals surface area (Å²) < 4.78 is 37.6. The molecule has 4 rings (SSSR count). The number of amides is 1. The van der Waals surface area contributed by atoms with Gasteiger partial charge in [-0.2, -0.15) is 4.31 Å². The first kappa shape index (κ1) is 28.5. The van der Waals surface area contributed by atoms with E-state index in [2.05, 4.69) is 12.2 Å². The molecule has 210 valence electrons. The van der Waals surface area contributed by atoms with Gasteiger partial charge in [-0.3, -0.25) is 14.9 Å². The number of nitro benzene ring substituents is 1. The van der Waals surface area contributed by atoms with Crippen LogP contribution < -0.4 is 10.2 Å². The zero-order chi connectivity index (χ0) is 28.2. The zero-order valence-corrected chi connectivity index (χ0v) is 22.7. The summed E-state index contributed by atoms with van der Waals surface area (Å²) in [6.07, 6.45) is 0.734. The van der Waals surface area contributed by atoms with Gasteiger partial charge in [0.25, 0.3) is 11.6 Å². The van der Waals surface area contributed by atoms with Crippen LogP contribution in [0.3, 0.4) is 0 Å². The summed E-state index contributed by atoms with van der Waals surface area (Å²) in [5, 5.41) is 14.3. The number of nitro groups is 1. The Morgan fingerprint density at radius 1 is 1.15 bits per heavy atom. The van der Waals surface area contributed by atoms with Crippen LogP contribution in [0.5, 0.6) is 0 Å². The number of piperidine rings is 1. The fourth-order valence-electron chi connectivity index (χ4n) is 4.67. The molecule has 2 atom stereocenters. The van der Waals surface area contributed by atoms with E-state index in [4.69, 9.17) is 9.47 Å². The van der Waals surface area contributed by atoms with Gasteiger partial charge in [-0.05, 0) is 56.0 Å². The molecule has 2 aromatic rings. The summed E-state index contributed by atoms with van der Waals surface area (Å²) in [7, 11) is -3.76. The number of carbonyl (C=O) groups is 2. The first-order chi connectivity index (χ1) is 18.6. The molecule has 2 heterocycles. The van der Waals surface area contributed by atoms with Crippen molar-refractivity contribution in [1.29, 1.82) is 0 Å². The van der Waals surface area contributed by atoms with Gasteiger partial charge in [0, 0.05) is 37.9 Å². The summed E-state index contributed by atoms with van der Waals surface area (Å²) in [6.45, 7) is 5.93. The highest BCUT2D eigenvalue weighted by atomic mass is 32.2. The predicted molar refractivity (Wildman–Crippen MR) is 143 cm³/mol. The first-order valence-corrected chi connectivity index (χ1v) is 14.2. The smallest absolute Gasteiger partial charge is 0.339 e. The average Bonchev–Trinajstić information content (AvgIpc) is 2.93. The number of ether oxygens (including phenoxy) is 2. The van der Waals surface area contributed by atoms with Crippen molar-refractivity contribution in [1.82, 2.24) is 4.31 Å². The van der Waals surface area contributed by atoms with Crippen LogP contribution in [0.25, 0.3) is 0 Å². The molecule has 0 aliphatic carbocycles. The molecule has 2 aliphatic rings. The highest BCUT2D eigenvalue weighted by Crippen LogP contribution is 2.32. The Kier molecular flexibility index (Phi) is 8.83. The van der Waals surface area contributed by atoms with Crippen LogP contribution in [0.2, 0.25) is 0 Å². The number of carbonyl (C=O) groups excluding carboxylic acids is 2. The second-order valence-electron chi connectivity index (χ2n) is 9.74. The number of sulfonamides is 1. The molecule has 1 amide bonds. The van der Waals surface area contributed by atoms with E-state index >= 15 is 0 Å². The lowest BCUT2D eigenvalue weighted by Crippen LogP contribution is -2.40. The van der Waals surface area contributed by atoms with Crippen LogP contribution in [0.1, 0.15) is 37.0 Å². The minimum Gasteiger partial charge on any atom is -0.449 e. The van der Waals surface area contributed by atoms with Crippen molar-refractivity contribution in [2.75, 3.05) is 49.6 Å². The van der Waals surface area contributed by atoms with E-state index in [0.29, 0.717) is 37.9 Å². The molecule has 0 spiro atoms. The highest BCUT2D eigenvalue weighted by molar-refractivity contribution is 7.89. The van der Waals surface area contributed by atoms with E-state index in [1.807, 2.05) is 4.90 Å². The molecule has 0 saturated carbocycles. The van der Waals surface area contributed by atoms with Crippen molar-refractivity contribution in [3.05, 3.63) is 58.1 Å². The van der Waals surface area contributed by atoms with Gasteiger partial charge < -0.3 is 19.7 Å². The third-order valence-electron chi connectivity index (χ3n) is 6.77. The number of benzene rings is 2. The third kappa shape index (κ3) is 6.72. The highest BCUT2D eigenvalue weighted by Gasteiger charge is 2.28. The molecule has 13 heteroatoms. The van der Waals surface area contributed by atoms with Crippen LogP contribution in [0.4, 0.5) is 17.1 Å². The van der Waals surface area contributed by atoms with Gasteiger partial charge in [-0.1, -0.05) is 13.0 Å². The molecule has 0 aromatic heterocycles. The number of anilines is 2. The van der Waals surface area contributed by atoms with E-state index < -0.39 is 32.9 Å². The Hall–Kier alpha value is -3.55. The first-order valence-electron chi connectivity index (χ1n) is 12.8. The maximum absolute atomic E-state index is 12.9. The van der Waals surface area contributed by atoms with Gasteiger partial charge in [-0.25, -0.2) is 13.2 Å². The molecule has 0 radical (unpaired) electrons. The molecule has 2 aromatic carbocycles. The van der Waals surface area contributed by atoms with Gasteiger partial charge in [0.1, 0.15) is 5.69 Å². The summed E-state index contributed by atoms with van der Waals surface area (Å²) in [5.41, 5.74) is 0.413. The Labute approximate surface area is 227 Å². The van der Waals surface area contributed by atoms with Crippen LogP contribution >= 0.6 is 0 Å². The fraction of sp³-hybridized carbons (Fsp3) is 0.462. The van der Waals surface area contributed by atoms with Gasteiger partial charge in [-0.15, -0.1) is 0 Å². The van der Waals surface area contributed by atoms with E-state index in [1.165, 1.54) is 53.7 Å². The number of rotatable bonds is 8. The lowest BCUT2D eigenvalue weighted by molar-refractivity contribution is -0.384. The summed E-state index contributed by atoms with van der Waals surface area (Å²) in [5.74, 6) is -1.16. The topological polar surface area (TPSA) is 148 Å². The molecule has 2 aliphatic heterocycles. The van der Waals surface area contributed by atoms with E-state index in [1.54, 1.807) is 0 Å². The quantitative estimate of drug-likeness (QED) is 0.292. The Balaban J connectivity index is 1.42. The number of hydrogen-bond donors (Lipinski definition) is 1. The van der Waals surface area contributed by atoms with Crippen molar-refractivity contribution >= 4 is 39.0 Å². The summed E-state index contributed by atoms with van der Waals surface area (Å²) in [4.78, 5) is 38.7. The maximum atomic E-state index is 12.9. The van der Waals surface area contributed by atoms with Gasteiger partial charge in [0.05, 0.1) is 28.6 Å². The van der Waals surface area contributed by atoms with Crippen molar-refractivity contribution in [2.24, 2.45) is 5.92 Å². The lowest BCUT2D eigenvalue weighted by Gasteiger charge is -2.32.